The van der Waals surface area contributed by atoms with E-state index < -0.39 is 6.10 Å². The molecule has 1 heterocycles. The highest BCUT2D eigenvalue weighted by Gasteiger charge is 2.06. The average molecular weight is 316 g/mol. The molecule has 0 aliphatic heterocycles. The van der Waals surface area contributed by atoms with Gasteiger partial charge in [0.05, 0.1) is 10.4 Å². The van der Waals surface area contributed by atoms with E-state index in [1.54, 1.807) is 23.5 Å². The fourth-order valence-electron chi connectivity index (χ4n) is 1.74. The summed E-state index contributed by atoms with van der Waals surface area (Å²) in [5, 5.41) is 13.9. The minimum atomic E-state index is -0.510. The second-order valence-electron chi connectivity index (χ2n) is 4.23. The van der Waals surface area contributed by atoms with Crippen molar-refractivity contribution >= 4 is 34.5 Å². The molecule has 0 saturated heterocycles. The maximum atomic E-state index is 9.99. The number of nitrogens with one attached hydrogen (secondary N) is 1. The summed E-state index contributed by atoms with van der Waals surface area (Å²) in [6, 6.07) is 11.2. The third kappa shape index (κ3) is 4.79. The summed E-state index contributed by atoms with van der Waals surface area (Å²) in [6.45, 7) is 1.35. The number of aliphatic hydroxyl groups excluding tert-OH is 1. The Morgan fingerprint density at radius 1 is 1.11 bits per heavy atom. The van der Waals surface area contributed by atoms with Crippen molar-refractivity contribution in [2.75, 3.05) is 13.1 Å². The molecule has 1 unspecified atom stereocenters. The molecule has 1 aromatic heterocycles. The number of aliphatic hydroxyl groups is 1. The zero-order valence-corrected chi connectivity index (χ0v) is 12.6. The van der Waals surface area contributed by atoms with Gasteiger partial charge in [0.1, 0.15) is 0 Å². The van der Waals surface area contributed by atoms with Crippen LogP contribution in [0.1, 0.15) is 16.5 Å². The van der Waals surface area contributed by atoms with E-state index in [1.165, 1.54) is 4.88 Å². The number of benzene rings is 1. The lowest BCUT2D eigenvalue weighted by Gasteiger charge is -2.12. The van der Waals surface area contributed by atoms with Gasteiger partial charge in [0.15, 0.2) is 0 Å². The minimum absolute atomic E-state index is 0.510. The average Bonchev–Trinajstić information content (AvgIpc) is 2.81. The SMILES string of the molecule is OC(CNCCc1ccc(Cl)s1)c1ccc(Cl)cc1. The Morgan fingerprint density at radius 3 is 2.47 bits per heavy atom. The standard InChI is InChI=1S/C14H15Cl2NOS/c15-11-3-1-10(2-4-11)13(18)9-17-8-7-12-5-6-14(16)19-12/h1-6,13,17-18H,7-9H2. The third-order valence-electron chi connectivity index (χ3n) is 2.77. The fraction of sp³-hybridized carbons (Fsp3) is 0.286. The summed E-state index contributed by atoms with van der Waals surface area (Å²) in [4.78, 5) is 1.25. The van der Waals surface area contributed by atoms with Gasteiger partial charge < -0.3 is 10.4 Å². The summed E-state index contributed by atoms with van der Waals surface area (Å²) in [6.07, 6.45) is 0.411. The molecule has 2 N–H and O–H groups in total. The van der Waals surface area contributed by atoms with Gasteiger partial charge in [-0.25, -0.2) is 0 Å². The highest BCUT2D eigenvalue weighted by atomic mass is 35.5. The van der Waals surface area contributed by atoms with Gasteiger partial charge in [-0.05, 0) is 36.2 Å². The lowest BCUT2D eigenvalue weighted by molar-refractivity contribution is 0.175. The van der Waals surface area contributed by atoms with Crippen LogP contribution in [-0.2, 0) is 6.42 Å². The van der Waals surface area contributed by atoms with E-state index in [1.807, 2.05) is 24.3 Å². The molecular formula is C14H15Cl2NOS. The van der Waals surface area contributed by atoms with E-state index in [2.05, 4.69) is 5.32 Å². The predicted molar refractivity (Wildman–Crippen MR) is 82.3 cm³/mol. The maximum absolute atomic E-state index is 9.99. The van der Waals surface area contributed by atoms with Crippen LogP contribution in [0, 0.1) is 0 Å². The number of hydrogen-bond acceptors (Lipinski definition) is 3. The maximum Gasteiger partial charge on any atom is 0.0931 e. The van der Waals surface area contributed by atoms with Crippen molar-refractivity contribution in [3.63, 3.8) is 0 Å². The second kappa shape index (κ2) is 7.27. The first kappa shape index (κ1) is 14.8. The first-order valence-electron chi connectivity index (χ1n) is 6.03. The zero-order valence-electron chi connectivity index (χ0n) is 10.3. The Kier molecular flexibility index (Phi) is 5.67. The molecule has 0 radical (unpaired) electrons. The highest BCUT2D eigenvalue weighted by Crippen LogP contribution is 2.21. The van der Waals surface area contributed by atoms with Crippen LogP contribution >= 0.6 is 34.5 Å². The third-order valence-corrected chi connectivity index (χ3v) is 4.31. The van der Waals surface area contributed by atoms with E-state index in [-0.39, 0.29) is 0 Å². The van der Waals surface area contributed by atoms with Crippen molar-refractivity contribution in [1.29, 1.82) is 0 Å². The van der Waals surface area contributed by atoms with Crippen molar-refractivity contribution in [2.24, 2.45) is 0 Å². The van der Waals surface area contributed by atoms with Gasteiger partial charge in [0.2, 0.25) is 0 Å². The van der Waals surface area contributed by atoms with Crippen LogP contribution in [0.5, 0.6) is 0 Å². The molecule has 2 aromatic rings. The molecule has 2 nitrogen and oxygen atoms in total. The monoisotopic (exact) mass is 315 g/mol. The number of halogens is 2. The second-order valence-corrected chi connectivity index (χ2v) is 6.46. The van der Waals surface area contributed by atoms with Gasteiger partial charge in [0, 0.05) is 23.0 Å². The normalized spacial score (nSPS) is 12.6. The Balaban J connectivity index is 1.72. The van der Waals surface area contributed by atoms with E-state index >= 15 is 0 Å². The van der Waals surface area contributed by atoms with Gasteiger partial charge in [0.25, 0.3) is 0 Å². The van der Waals surface area contributed by atoms with Crippen LogP contribution in [0.25, 0.3) is 0 Å². The van der Waals surface area contributed by atoms with Crippen LogP contribution < -0.4 is 5.32 Å². The van der Waals surface area contributed by atoms with Gasteiger partial charge in [-0.2, -0.15) is 0 Å². The summed E-state index contributed by atoms with van der Waals surface area (Å²) in [7, 11) is 0. The quantitative estimate of drug-likeness (QED) is 0.792. The van der Waals surface area contributed by atoms with Crippen molar-refractivity contribution in [1.82, 2.24) is 5.32 Å². The van der Waals surface area contributed by atoms with Crippen LogP contribution in [0.15, 0.2) is 36.4 Å². The molecule has 19 heavy (non-hydrogen) atoms. The number of thiophene rings is 1. The van der Waals surface area contributed by atoms with E-state index in [9.17, 15) is 5.11 Å². The molecule has 0 spiro atoms. The number of rotatable bonds is 6. The summed E-state index contributed by atoms with van der Waals surface area (Å²) >= 11 is 13.3. The summed E-state index contributed by atoms with van der Waals surface area (Å²) < 4.78 is 0.816. The van der Waals surface area contributed by atoms with E-state index in [0.717, 1.165) is 22.9 Å². The van der Waals surface area contributed by atoms with Crippen molar-refractivity contribution in [3.05, 3.63) is 56.2 Å². The molecule has 0 saturated carbocycles. The molecule has 102 valence electrons. The van der Waals surface area contributed by atoms with Crippen molar-refractivity contribution in [3.8, 4) is 0 Å². The summed E-state index contributed by atoms with van der Waals surface area (Å²) in [5.74, 6) is 0. The molecule has 5 heteroatoms. The Labute approximate surface area is 127 Å². The lowest BCUT2D eigenvalue weighted by Crippen LogP contribution is -2.23. The van der Waals surface area contributed by atoms with Crippen LogP contribution in [-0.4, -0.2) is 18.2 Å². The van der Waals surface area contributed by atoms with E-state index in [0.29, 0.717) is 11.6 Å². The summed E-state index contributed by atoms with van der Waals surface area (Å²) in [5.41, 5.74) is 0.871. The van der Waals surface area contributed by atoms with Gasteiger partial charge in [-0.3, -0.25) is 0 Å². The molecule has 1 aromatic carbocycles. The molecule has 1 atom stereocenters. The lowest BCUT2D eigenvalue weighted by atomic mass is 10.1. The smallest absolute Gasteiger partial charge is 0.0931 e. The van der Waals surface area contributed by atoms with Crippen LogP contribution in [0.2, 0.25) is 9.36 Å². The largest absolute Gasteiger partial charge is 0.387 e. The van der Waals surface area contributed by atoms with Gasteiger partial charge >= 0.3 is 0 Å². The predicted octanol–water partition coefficient (Wildman–Crippen LogP) is 3.92. The fourth-order valence-corrected chi connectivity index (χ4v) is 2.95. The van der Waals surface area contributed by atoms with Gasteiger partial charge in [-0.1, -0.05) is 35.3 Å². The highest BCUT2D eigenvalue weighted by molar-refractivity contribution is 7.16. The van der Waals surface area contributed by atoms with Crippen LogP contribution in [0.3, 0.4) is 0 Å². The Hall–Kier alpha value is -0.580. The van der Waals surface area contributed by atoms with Crippen molar-refractivity contribution < 1.29 is 5.11 Å². The number of hydrogen-bond donors (Lipinski definition) is 2. The molecule has 2 rings (SSSR count). The molecule has 0 bridgehead atoms. The molecule has 0 aliphatic rings. The zero-order chi connectivity index (χ0) is 13.7. The van der Waals surface area contributed by atoms with Crippen LogP contribution in [0.4, 0.5) is 0 Å². The minimum Gasteiger partial charge on any atom is -0.387 e. The Morgan fingerprint density at radius 2 is 1.84 bits per heavy atom. The van der Waals surface area contributed by atoms with Gasteiger partial charge in [-0.15, -0.1) is 11.3 Å². The topological polar surface area (TPSA) is 32.3 Å². The van der Waals surface area contributed by atoms with E-state index in [4.69, 9.17) is 23.2 Å². The molecule has 0 aliphatic carbocycles. The molecule has 0 amide bonds. The van der Waals surface area contributed by atoms with Crippen molar-refractivity contribution in [2.45, 2.75) is 12.5 Å². The first-order valence-corrected chi connectivity index (χ1v) is 7.61. The first-order chi connectivity index (χ1) is 9.15. The molecule has 0 fully saturated rings. The Bertz CT molecular complexity index is 512. The molecular weight excluding hydrogens is 301 g/mol.